The molecule has 1 amide bonds. The smallest absolute Gasteiger partial charge is 0.251 e. The van der Waals surface area contributed by atoms with E-state index in [0.29, 0.717) is 24.1 Å². The van der Waals surface area contributed by atoms with Crippen molar-refractivity contribution in [2.24, 2.45) is 5.92 Å². The van der Waals surface area contributed by atoms with Crippen molar-refractivity contribution in [2.45, 2.75) is 46.2 Å². The zero-order valence-electron chi connectivity index (χ0n) is 16.6. The van der Waals surface area contributed by atoms with Crippen LogP contribution in [-0.2, 0) is 11.3 Å². The number of nitrogens with zero attached hydrogens (tertiary/aromatic N) is 4. The molecule has 1 saturated heterocycles. The van der Waals surface area contributed by atoms with Crippen LogP contribution in [0.25, 0.3) is 11.0 Å². The van der Waals surface area contributed by atoms with Crippen LogP contribution in [0.3, 0.4) is 0 Å². The number of rotatable bonds is 8. The average Bonchev–Trinajstić information content (AvgIpc) is 3.13. The number of ether oxygens (including phenoxy) is 1. The Morgan fingerprint density at radius 2 is 1.96 bits per heavy atom. The minimum Gasteiger partial charge on any atom is -0.379 e. The molecule has 1 atom stereocenters. The third kappa shape index (κ3) is 4.47. The van der Waals surface area contributed by atoms with Crippen LogP contribution in [0.15, 0.2) is 18.2 Å². The minimum atomic E-state index is -0.0489. The van der Waals surface area contributed by atoms with Gasteiger partial charge in [-0.3, -0.25) is 9.69 Å². The van der Waals surface area contributed by atoms with Crippen molar-refractivity contribution in [2.75, 3.05) is 32.8 Å². The van der Waals surface area contributed by atoms with Gasteiger partial charge in [-0.2, -0.15) is 0 Å². The second kappa shape index (κ2) is 9.28. The number of carbonyl (C=O) groups is 1. The fraction of sp³-hybridized carbons (Fsp3) is 0.650. The summed E-state index contributed by atoms with van der Waals surface area (Å²) in [6.45, 7) is 11.3. The predicted octanol–water partition coefficient (Wildman–Crippen LogP) is 2.32. The van der Waals surface area contributed by atoms with Crippen molar-refractivity contribution in [1.82, 2.24) is 25.2 Å². The highest BCUT2D eigenvalue weighted by molar-refractivity contribution is 5.97. The molecule has 3 rings (SSSR count). The number of hydrogen-bond donors (Lipinski definition) is 1. The number of aromatic nitrogens is 3. The summed E-state index contributed by atoms with van der Waals surface area (Å²) in [5, 5.41) is 11.4. The average molecular weight is 374 g/mol. The van der Waals surface area contributed by atoms with E-state index in [1.165, 1.54) is 0 Å². The van der Waals surface area contributed by atoms with Crippen LogP contribution in [0.4, 0.5) is 0 Å². The van der Waals surface area contributed by atoms with Crippen LogP contribution in [0.5, 0.6) is 0 Å². The van der Waals surface area contributed by atoms with Gasteiger partial charge in [0, 0.05) is 37.8 Å². The summed E-state index contributed by atoms with van der Waals surface area (Å²) in [7, 11) is 0. The molecule has 27 heavy (non-hydrogen) atoms. The maximum absolute atomic E-state index is 12.7. The van der Waals surface area contributed by atoms with Gasteiger partial charge in [0.15, 0.2) is 0 Å². The molecule has 1 aromatic heterocycles. The Hall–Kier alpha value is -1.99. The lowest BCUT2D eigenvalue weighted by Crippen LogP contribution is -2.52. The Kier molecular flexibility index (Phi) is 6.79. The molecule has 2 aromatic rings. The molecule has 1 aromatic carbocycles. The van der Waals surface area contributed by atoms with Gasteiger partial charge in [-0.25, -0.2) is 4.68 Å². The highest BCUT2D eigenvalue weighted by Crippen LogP contribution is 2.20. The van der Waals surface area contributed by atoms with E-state index in [-0.39, 0.29) is 5.91 Å². The summed E-state index contributed by atoms with van der Waals surface area (Å²) in [6, 6.07) is 5.95. The maximum atomic E-state index is 12.7. The maximum Gasteiger partial charge on any atom is 0.251 e. The number of nitrogens with one attached hydrogen (secondary N) is 1. The number of aryl methyl sites for hydroxylation is 1. The predicted molar refractivity (Wildman–Crippen MR) is 106 cm³/mol. The second-order valence-corrected chi connectivity index (χ2v) is 7.11. The first-order valence-corrected chi connectivity index (χ1v) is 10.1. The standard InChI is InChI=1S/C20H31N5O2/c1-4-15(5-2)19(24-9-11-27-12-10-24)14-21-20(26)16-7-8-18-17(13-16)22-23-25(18)6-3/h7-8,13,15,19H,4-6,9-12,14H2,1-3H3,(H,21,26). The van der Waals surface area contributed by atoms with Crippen molar-refractivity contribution < 1.29 is 9.53 Å². The summed E-state index contributed by atoms with van der Waals surface area (Å²) >= 11 is 0. The lowest BCUT2D eigenvalue weighted by molar-refractivity contribution is 0.00191. The summed E-state index contributed by atoms with van der Waals surface area (Å²) in [6.07, 6.45) is 2.22. The first kappa shape index (κ1) is 19.8. The third-order valence-corrected chi connectivity index (χ3v) is 5.65. The van der Waals surface area contributed by atoms with Gasteiger partial charge < -0.3 is 10.1 Å². The van der Waals surface area contributed by atoms with E-state index in [1.54, 1.807) is 0 Å². The normalized spacial score (nSPS) is 16.7. The topological polar surface area (TPSA) is 72.3 Å². The number of morpholine rings is 1. The van der Waals surface area contributed by atoms with Crippen molar-refractivity contribution in [3.05, 3.63) is 23.8 Å². The van der Waals surface area contributed by atoms with Crippen LogP contribution in [0.2, 0.25) is 0 Å². The van der Waals surface area contributed by atoms with E-state index in [4.69, 9.17) is 4.74 Å². The van der Waals surface area contributed by atoms with Crippen molar-refractivity contribution in [1.29, 1.82) is 0 Å². The molecule has 7 heteroatoms. The Morgan fingerprint density at radius 1 is 1.22 bits per heavy atom. The van der Waals surface area contributed by atoms with Gasteiger partial charge in [-0.05, 0) is 31.0 Å². The Balaban J connectivity index is 1.69. The number of carbonyl (C=O) groups excluding carboxylic acids is 1. The van der Waals surface area contributed by atoms with Crippen molar-refractivity contribution >= 4 is 16.9 Å². The molecule has 0 saturated carbocycles. The monoisotopic (exact) mass is 373 g/mol. The molecule has 2 heterocycles. The van der Waals surface area contributed by atoms with Crippen LogP contribution in [0.1, 0.15) is 44.0 Å². The molecule has 1 N–H and O–H groups in total. The van der Waals surface area contributed by atoms with E-state index in [9.17, 15) is 4.79 Å². The molecule has 0 bridgehead atoms. The SMILES string of the molecule is CCC(CC)C(CNC(=O)c1ccc2c(c1)nnn2CC)N1CCOCC1. The minimum absolute atomic E-state index is 0.0489. The van der Waals surface area contributed by atoms with Gasteiger partial charge in [0.2, 0.25) is 0 Å². The fourth-order valence-electron chi connectivity index (χ4n) is 3.98. The molecule has 1 aliphatic rings. The van der Waals surface area contributed by atoms with Gasteiger partial charge in [-0.1, -0.05) is 31.9 Å². The molecule has 0 aliphatic carbocycles. The second-order valence-electron chi connectivity index (χ2n) is 7.11. The molecular weight excluding hydrogens is 342 g/mol. The third-order valence-electron chi connectivity index (χ3n) is 5.65. The summed E-state index contributed by atoms with van der Waals surface area (Å²) < 4.78 is 7.33. The Morgan fingerprint density at radius 3 is 2.63 bits per heavy atom. The molecular formula is C20H31N5O2. The van der Waals surface area contributed by atoms with E-state index < -0.39 is 0 Å². The highest BCUT2D eigenvalue weighted by atomic mass is 16.5. The van der Waals surface area contributed by atoms with Gasteiger partial charge >= 0.3 is 0 Å². The first-order valence-electron chi connectivity index (χ1n) is 10.1. The largest absolute Gasteiger partial charge is 0.379 e. The summed E-state index contributed by atoms with van der Waals surface area (Å²) in [5.41, 5.74) is 2.35. The van der Waals surface area contributed by atoms with Crippen LogP contribution >= 0.6 is 0 Å². The fourth-order valence-corrected chi connectivity index (χ4v) is 3.98. The van der Waals surface area contributed by atoms with E-state index in [0.717, 1.165) is 56.7 Å². The van der Waals surface area contributed by atoms with Crippen LogP contribution in [0, 0.1) is 5.92 Å². The van der Waals surface area contributed by atoms with Gasteiger partial charge in [0.25, 0.3) is 5.91 Å². The van der Waals surface area contributed by atoms with Crippen molar-refractivity contribution in [3.8, 4) is 0 Å². The molecule has 0 radical (unpaired) electrons. The molecule has 0 spiro atoms. The number of benzene rings is 1. The van der Waals surface area contributed by atoms with E-state index in [2.05, 4.69) is 34.4 Å². The lowest BCUT2D eigenvalue weighted by atomic mass is 9.92. The van der Waals surface area contributed by atoms with Crippen molar-refractivity contribution in [3.63, 3.8) is 0 Å². The van der Waals surface area contributed by atoms with Crippen LogP contribution in [-0.4, -0.2) is 64.7 Å². The van der Waals surface area contributed by atoms with Gasteiger partial charge in [0.05, 0.1) is 18.7 Å². The molecule has 7 nitrogen and oxygen atoms in total. The molecule has 1 fully saturated rings. The first-order chi connectivity index (χ1) is 13.2. The van der Waals surface area contributed by atoms with Gasteiger partial charge in [0.1, 0.15) is 5.52 Å². The Labute approximate surface area is 161 Å². The summed E-state index contributed by atoms with van der Waals surface area (Å²) in [5.74, 6) is 0.516. The highest BCUT2D eigenvalue weighted by Gasteiger charge is 2.27. The summed E-state index contributed by atoms with van der Waals surface area (Å²) in [4.78, 5) is 15.2. The number of fused-ring (bicyclic) bond motifs is 1. The Bertz CT molecular complexity index is 750. The zero-order valence-corrected chi connectivity index (χ0v) is 16.6. The van der Waals surface area contributed by atoms with E-state index >= 15 is 0 Å². The number of amides is 1. The van der Waals surface area contributed by atoms with Crippen LogP contribution < -0.4 is 5.32 Å². The molecule has 1 aliphatic heterocycles. The lowest BCUT2D eigenvalue weighted by Gasteiger charge is -2.38. The quantitative estimate of drug-likeness (QED) is 0.769. The van der Waals surface area contributed by atoms with E-state index in [1.807, 2.05) is 29.8 Å². The number of hydrogen-bond acceptors (Lipinski definition) is 5. The zero-order chi connectivity index (χ0) is 19.2. The van der Waals surface area contributed by atoms with Gasteiger partial charge in [-0.15, -0.1) is 5.10 Å². The molecule has 1 unspecified atom stereocenters. The molecule has 148 valence electrons.